The highest BCUT2D eigenvalue weighted by Gasteiger charge is 2.32. The molecule has 2 heterocycles. The Bertz CT molecular complexity index is 788. The van der Waals surface area contributed by atoms with E-state index in [0.29, 0.717) is 5.75 Å². The summed E-state index contributed by atoms with van der Waals surface area (Å²) in [7, 11) is 1.64. The van der Waals surface area contributed by atoms with Crippen molar-refractivity contribution in [1.82, 2.24) is 15.2 Å². The van der Waals surface area contributed by atoms with E-state index in [1.165, 1.54) is 12.1 Å². The highest BCUT2D eigenvalue weighted by molar-refractivity contribution is 5.79. The van der Waals surface area contributed by atoms with Crippen molar-refractivity contribution in [1.29, 1.82) is 0 Å². The number of hydrogen-bond acceptors (Lipinski definition) is 4. The van der Waals surface area contributed by atoms with Gasteiger partial charge in [0.25, 0.3) is 0 Å². The molecule has 0 radical (unpaired) electrons. The zero-order valence-electron chi connectivity index (χ0n) is 14.8. The summed E-state index contributed by atoms with van der Waals surface area (Å²) in [4.78, 5) is 17.2. The topological polar surface area (TPSA) is 54.5 Å². The number of aromatic nitrogens is 1. The summed E-state index contributed by atoms with van der Waals surface area (Å²) < 4.78 is 43.5. The Balaban J connectivity index is 1.49. The molecule has 144 valence electrons. The van der Waals surface area contributed by atoms with Crippen LogP contribution in [-0.4, -0.2) is 35.9 Å². The molecular weight excluding hydrogens is 359 g/mol. The van der Waals surface area contributed by atoms with Gasteiger partial charge in [-0.05, 0) is 29.8 Å². The summed E-state index contributed by atoms with van der Waals surface area (Å²) in [6.07, 6.45) is -4.47. The number of carbonyl (C=O) groups excluding carboxylic acids is 1. The van der Waals surface area contributed by atoms with Crippen molar-refractivity contribution in [3.05, 3.63) is 59.4 Å². The van der Waals surface area contributed by atoms with Crippen LogP contribution in [0.4, 0.5) is 13.2 Å². The third-order valence-corrected chi connectivity index (χ3v) is 4.39. The number of halogens is 3. The minimum atomic E-state index is -4.47. The van der Waals surface area contributed by atoms with Crippen LogP contribution in [0.15, 0.2) is 42.5 Å². The molecule has 0 saturated carbocycles. The van der Waals surface area contributed by atoms with Crippen LogP contribution >= 0.6 is 0 Å². The Labute approximate surface area is 155 Å². The Kier molecular flexibility index (Phi) is 5.65. The van der Waals surface area contributed by atoms with Crippen LogP contribution in [0.1, 0.15) is 17.0 Å². The number of rotatable bonds is 6. The molecule has 0 unspecified atom stereocenters. The molecule has 3 rings (SSSR count). The molecule has 1 aromatic heterocycles. The van der Waals surface area contributed by atoms with Gasteiger partial charge in [-0.1, -0.05) is 18.2 Å². The zero-order chi connectivity index (χ0) is 19.4. The quantitative estimate of drug-likeness (QED) is 0.839. The smallest absolute Gasteiger partial charge is 0.433 e. The van der Waals surface area contributed by atoms with E-state index in [1.54, 1.807) is 19.2 Å². The largest absolute Gasteiger partial charge is 0.487 e. The van der Waals surface area contributed by atoms with E-state index in [4.69, 9.17) is 4.74 Å². The average molecular weight is 379 g/mol. The number of hydrogen-bond donors (Lipinski definition) is 1. The third-order valence-electron chi connectivity index (χ3n) is 4.39. The number of amides is 1. The lowest BCUT2D eigenvalue weighted by molar-refractivity contribution is -0.141. The van der Waals surface area contributed by atoms with Crippen molar-refractivity contribution >= 4 is 5.91 Å². The maximum Gasteiger partial charge on any atom is 0.433 e. The highest BCUT2D eigenvalue weighted by atomic mass is 19.4. The molecule has 1 amide bonds. The average Bonchev–Trinajstić information content (AvgIpc) is 2.62. The van der Waals surface area contributed by atoms with Crippen LogP contribution < -0.4 is 10.1 Å². The van der Waals surface area contributed by atoms with E-state index in [2.05, 4.69) is 15.2 Å². The monoisotopic (exact) mass is 379 g/mol. The number of nitrogens with zero attached hydrogens (tertiary/aromatic N) is 2. The maximum absolute atomic E-state index is 12.7. The van der Waals surface area contributed by atoms with E-state index >= 15 is 0 Å². The van der Waals surface area contributed by atoms with Crippen LogP contribution in [0.5, 0.6) is 5.75 Å². The summed E-state index contributed by atoms with van der Waals surface area (Å²) in [5, 5.41) is 2.65. The van der Waals surface area contributed by atoms with Gasteiger partial charge >= 0.3 is 6.18 Å². The van der Waals surface area contributed by atoms with Gasteiger partial charge in [-0.15, -0.1) is 0 Å². The Hall–Kier alpha value is -2.61. The van der Waals surface area contributed by atoms with E-state index in [-0.39, 0.29) is 24.1 Å². The third kappa shape index (κ3) is 4.97. The Morgan fingerprint density at radius 2 is 1.93 bits per heavy atom. The molecule has 0 spiro atoms. The second kappa shape index (κ2) is 7.96. The first-order chi connectivity index (χ1) is 12.8. The predicted octanol–water partition coefficient (Wildman–Crippen LogP) is 2.86. The van der Waals surface area contributed by atoms with Crippen molar-refractivity contribution < 1.29 is 22.7 Å². The van der Waals surface area contributed by atoms with Gasteiger partial charge < -0.3 is 10.1 Å². The summed E-state index contributed by atoms with van der Waals surface area (Å²) in [5.74, 6) is 0.681. The van der Waals surface area contributed by atoms with E-state index in [1.807, 2.05) is 12.1 Å². The number of pyridine rings is 1. The fourth-order valence-electron chi connectivity index (χ4n) is 2.89. The lowest BCUT2D eigenvalue weighted by Crippen LogP contribution is -2.52. The minimum Gasteiger partial charge on any atom is -0.487 e. The molecule has 0 aliphatic carbocycles. The summed E-state index contributed by atoms with van der Waals surface area (Å²) in [6, 6.07) is 11.1. The van der Waals surface area contributed by atoms with Crippen molar-refractivity contribution in [3.8, 4) is 5.75 Å². The molecule has 1 saturated heterocycles. The molecule has 0 atom stereocenters. The lowest BCUT2D eigenvalue weighted by Gasteiger charge is -2.38. The first-order valence-electron chi connectivity index (χ1n) is 8.54. The molecule has 1 N–H and O–H groups in total. The van der Waals surface area contributed by atoms with Crippen molar-refractivity contribution in [2.24, 2.45) is 5.92 Å². The molecule has 8 heteroatoms. The number of likely N-dealkylation sites (tertiary alicyclic amines) is 1. The minimum absolute atomic E-state index is 0.0385. The Morgan fingerprint density at radius 1 is 1.22 bits per heavy atom. The van der Waals surface area contributed by atoms with Crippen molar-refractivity contribution in [2.75, 3.05) is 20.1 Å². The van der Waals surface area contributed by atoms with Gasteiger partial charge in [0, 0.05) is 26.7 Å². The van der Waals surface area contributed by atoms with E-state index in [0.717, 1.165) is 31.3 Å². The molecule has 1 fully saturated rings. The highest BCUT2D eigenvalue weighted by Crippen LogP contribution is 2.27. The number of ether oxygens (including phenoxy) is 1. The van der Waals surface area contributed by atoms with Crippen LogP contribution in [0.3, 0.4) is 0 Å². The van der Waals surface area contributed by atoms with Crippen molar-refractivity contribution in [3.63, 3.8) is 0 Å². The van der Waals surface area contributed by atoms with E-state index in [9.17, 15) is 18.0 Å². The molecule has 1 aliphatic rings. The summed E-state index contributed by atoms with van der Waals surface area (Å²) in [6.45, 7) is 2.17. The number of alkyl halides is 3. The molecule has 1 aliphatic heterocycles. The summed E-state index contributed by atoms with van der Waals surface area (Å²) >= 11 is 0. The van der Waals surface area contributed by atoms with Gasteiger partial charge in [-0.2, -0.15) is 13.2 Å². The fourth-order valence-corrected chi connectivity index (χ4v) is 2.89. The first kappa shape index (κ1) is 19.2. The van der Waals surface area contributed by atoms with Crippen LogP contribution in [0, 0.1) is 5.92 Å². The Morgan fingerprint density at radius 3 is 2.56 bits per heavy atom. The zero-order valence-corrected chi connectivity index (χ0v) is 14.8. The molecular formula is C19H20F3N3O2. The first-order valence-corrected chi connectivity index (χ1v) is 8.54. The molecule has 5 nitrogen and oxygen atoms in total. The lowest BCUT2D eigenvalue weighted by atomic mass is 9.98. The fraction of sp³-hybridized carbons (Fsp3) is 0.368. The molecule has 2 aromatic rings. The standard InChI is InChI=1S/C19H20F3N3O2/c1-23-18(26)14-10-25(11-14)9-13-5-7-16(8-6-13)27-12-15-3-2-4-17(24-15)19(20,21)22/h2-8,14H,9-12H2,1H3,(H,23,26). The number of carbonyl (C=O) groups is 1. The second-order valence-electron chi connectivity index (χ2n) is 6.45. The second-order valence-corrected chi connectivity index (χ2v) is 6.45. The van der Waals surface area contributed by atoms with Crippen LogP contribution in [0.25, 0.3) is 0 Å². The SMILES string of the molecule is CNC(=O)C1CN(Cc2ccc(OCc3cccc(C(F)(F)F)n3)cc2)C1. The molecule has 0 bridgehead atoms. The van der Waals surface area contributed by atoms with Crippen LogP contribution in [0.2, 0.25) is 0 Å². The molecule has 27 heavy (non-hydrogen) atoms. The molecule has 1 aromatic carbocycles. The van der Waals surface area contributed by atoms with Crippen LogP contribution in [-0.2, 0) is 24.1 Å². The maximum atomic E-state index is 12.7. The number of benzene rings is 1. The van der Waals surface area contributed by atoms with Gasteiger partial charge in [0.1, 0.15) is 18.1 Å². The van der Waals surface area contributed by atoms with E-state index < -0.39 is 11.9 Å². The van der Waals surface area contributed by atoms with Gasteiger partial charge in [-0.3, -0.25) is 9.69 Å². The van der Waals surface area contributed by atoms with Crippen molar-refractivity contribution in [2.45, 2.75) is 19.3 Å². The summed E-state index contributed by atoms with van der Waals surface area (Å²) in [5.41, 5.74) is 0.369. The normalized spacial score (nSPS) is 15.3. The van der Waals surface area contributed by atoms with Gasteiger partial charge in [0.2, 0.25) is 5.91 Å². The van der Waals surface area contributed by atoms with Gasteiger partial charge in [0.05, 0.1) is 11.6 Å². The number of nitrogens with one attached hydrogen (secondary N) is 1. The predicted molar refractivity (Wildman–Crippen MR) is 92.8 cm³/mol. The van der Waals surface area contributed by atoms with Gasteiger partial charge in [-0.25, -0.2) is 4.98 Å². The van der Waals surface area contributed by atoms with Gasteiger partial charge in [0.15, 0.2) is 0 Å².